The molecule has 2 heterocycles. The highest BCUT2D eigenvalue weighted by molar-refractivity contribution is 6.30. The van der Waals surface area contributed by atoms with Gasteiger partial charge < -0.3 is 5.32 Å². The van der Waals surface area contributed by atoms with E-state index in [0.717, 1.165) is 16.0 Å². The number of imide groups is 1. The van der Waals surface area contributed by atoms with E-state index < -0.39 is 0 Å². The molecular formula is C22H19ClN4O3. The van der Waals surface area contributed by atoms with Gasteiger partial charge in [-0.1, -0.05) is 35.4 Å². The summed E-state index contributed by atoms with van der Waals surface area (Å²) in [6.45, 7) is 2.35. The van der Waals surface area contributed by atoms with Gasteiger partial charge in [0.15, 0.2) is 0 Å². The number of carbonyl (C=O) groups is 3. The van der Waals surface area contributed by atoms with E-state index in [9.17, 15) is 14.4 Å². The molecule has 0 atom stereocenters. The van der Waals surface area contributed by atoms with Crippen molar-refractivity contribution in [1.82, 2.24) is 14.7 Å². The first kappa shape index (κ1) is 19.8. The zero-order valence-electron chi connectivity index (χ0n) is 16.3. The van der Waals surface area contributed by atoms with Crippen molar-refractivity contribution in [3.8, 4) is 0 Å². The molecule has 2 aromatic carbocycles. The van der Waals surface area contributed by atoms with Crippen molar-refractivity contribution in [2.24, 2.45) is 0 Å². The molecule has 3 amide bonds. The Morgan fingerprint density at radius 2 is 1.77 bits per heavy atom. The lowest BCUT2D eigenvalue weighted by Gasteiger charge is -2.14. The van der Waals surface area contributed by atoms with Crippen LogP contribution in [-0.2, 0) is 11.3 Å². The highest BCUT2D eigenvalue weighted by Gasteiger charge is 2.35. The van der Waals surface area contributed by atoms with Crippen LogP contribution in [0, 0.1) is 6.92 Å². The van der Waals surface area contributed by atoms with E-state index >= 15 is 0 Å². The second kappa shape index (κ2) is 8.12. The average molecular weight is 423 g/mol. The van der Waals surface area contributed by atoms with E-state index in [1.165, 1.54) is 0 Å². The summed E-state index contributed by atoms with van der Waals surface area (Å²) in [5.74, 6) is -0.497. The van der Waals surface area contributed by atoms with Crippen molar-refractivity contribution in [2.45, 2.75) is 19.9 Å². The minimum atomic E-state index is -0.365. The summed E-state index contributed by atoms with van der Waals surface area (Å²) >= 11 is 5.91. The summed E-state index contributed by atoms with van der Waals surface area (Å²) in [5, 5.41) is 7.68. The number of nitrogens with one attached hydrogen (secondary N) is 1. The molecule has 0 saturated carbocycles. The molecule has 0 saturated heterocycles. The standard InChI is InChI=1S/C22H19ClN4O3/c1-14-2-7-17-18(12-14)22(30)26(21(17)29)11-9-20(28)25-19-8-10-24-27(19)13-15-3-5-16(23)6-4-15/h2-8,10,12H,9,11,13H2,1H3,(H,25,28). The van der Waals surface area contributed by atoms with Gasteiger partial charge in [-0.2, -0.15) is 5.10 Å². The summed E-state index contributed by atoms with van der Waals surface area (Å²) in [5.41, 5.74) is 2.66. The van der Waals surface area contributed by atoms with E-state index in [4.69, 9.17) is 11.6 Å². The second-order valence-corrected chi connectivity index (χ2v) is 7.55. The first-order chi connectivity index (χ1) is 14.4. The quantitative estimate of drug-likeness (QED) is 0.616. The van der Waals surface area contributed by atoms with Crippen molar-refractivity contribution in [1.29, 1.82) is 0 Å². The molecule has 1 N–H and O–H groups in total. The third kappa shape index (κ3) is 3.97. The van der Waals surface area contributed by atoms with E-state index in [2.05, 4.69) is 10.4 Å². The number of aromatic nitrogens is 2. The Hall–Kier alpha value is -3.45. The van der Waals surface area contributed by atoms with E-state index in [1.54, 1.807) is 47.3 Å². The fourth-order valence-electron chi connectivity index (χ4n) is 3.35. The normalized spacial score (nSPS) is 12.9. The Labute approximate surface area is 178 Å². The number of hydrogen-bond donors (Lipinski definition) is 1. The van der Waals surface area contributed by atoms with Gasteiger partial charge in [-0.15, -0.1) is 0 Å². The fraction of sp³-hybridized carbons (Fsp3) is 0.182. The topological polar surface area (TPSA) is 84.3 Å². The van der Waals surface area contributed by atoms with E-state index in [-0.39, 0.29) is 30.7 Å². The molecule has 0 aliphatic carbocycles. The number of benzene rings is 2. The smallest absolute Gasteiger partial charge is 0.261 e. The van der Waals surface area contributed by atoms with Crippen LogP contribution < -0.4 is 5.32 Å². The molecule has 30 heavy (non-hydrogen) atoms. The number of amides is 3. The zero-order chi connectivity index (χ0) is 21.3. The predicted molar refractivity (Wildman–Crippen MR) is 113 cm³/mol. The highest BCUT2D eigenvalue weighted by atomic mass is 35.5. The van der Waals surface area contributed by atoms with Crippen molar-refractivity contribution in [3.63, 3.8) is 0 Å². The molecule has 7 nitrogen and oxygen atoms in total. The average Bonchev–Trinajstić information content (AvgIpc) is 3.24. The van der Waals surface area contributed by atoms with Crippen LogP contribution in [0.1, 0.15) is 38.3 Å². The Balaban J connectivity index is 1.37. The Kier molecular flexibility index (Phi) is 5.37. The largest absolute Gasteiger partial charge is 0.311 e. The van der Waals surface area contributed by atoms with Crippen LogP contribution in [0.3, 0.4) is 0 Å². The number of aryl methyl sites for hydroxylation is 1. The summed E-state index contributed by atoms with van der Waals surface area (Å²) in [6, 6.07) is 14.2. The second-order valence-electron chi connectivity index (χ2n) is 7.11. The maximum atomic E-state index is 12.5. The molecule has 152 valence electrons. The van der Waals surface area contributed by atoms with Gasteiger partial charge in [0, 0.05) is 24.1 Å². The predicted octanol–water partition coefficient (Wildman–Crippen LogP) is 3.52. The van der Waals surface area contributed by atoms with Gasteiger partial charge in [-0.3, -0.25) is 19.3 Å². The number of hydrogen-bond acceptors (Lipinski definition) is 4. The minimum absolute atomic E-state index is 0.00340. The van der Waals surface area contributed by atoms with Gasteiger partial charge in [-0.25, -0.2) is 4.68 Å². The maximum Gasteiger partial charge on any atom is 0.261 e. The Bertz CT molecular complexity index is 1140. The zero-order valence-corrected chi connectivity index (χ0v) is 17.0. The number of fused-ring (bicyclic) bond motifs is 1. The number of halogens is 1. The molecule has 0 bridgehead atoms. The highest BCUT2D eigenvalue weighted by Crippen LogP contribution is 2.24. The van der Waals surface area contributed by atoms with Crippen LogP contribution in [0.4, 0.5) is 5.82 Å². The lowest BCUT2D eigenvalue weighted by molar-refractivity contribution is -0.116. The van der Waals surface area contributed by atoms with Gasteiger partial charge in [0.1, 0.15) is 5.82 Å². The van der Waals surface area contributed by atoms with Gasteiger partial charge in [-0.05, 0) is 36.8 Å². The van der Waals surface area contributed by atoms with E-state index in [0.29, 0.717) is 28.5 Å². The Morgan fingerprint density at radius 1 is 1.03 bits per heavy atom. The first-order valence-corrected chi connectivity index (χ1v) is 9.83. The van der Waals surface area contributed by atoms with Crippen molar-refractivity contribution in [2.75, 3.05) is 11.9 Å². The van der Waals surface area contributed by atoms with Gasteiger partial charge in [0.2, 0.25) is 5.91 Å². The van der Waals surface area contributed by atoms with Crippen LogP contribution >= 0.6 is 11.6 Å². The number of carbonyl (C=O) groups excluding carboxylic acids is 3. The van der Waals surface area contributed by atoms with Crippen molar-refractivity contribution < 1.29 is 14.4 Å². The van der Waals surface area contributed by atoms with Crippen LogP contribution in [0.5, 0.6) is 0 Å². The van der Waals surface area contributed by atoms with Gasteiger partial charge in [0.05, 0.1) is 23.9 Å². The molecule has 1 aliphatic heterocycles. The van der Waals surface area contributed by atoms with Crippen molar-refractivity contribution >= 4 is 35.1 Å². The Morgan fingerprint density at radius 3 is 2.53 bits per heavy atom. The molecule has 0 spiro atoms. The van der Waals surface area contributed by atoms with E-state index in [1.807, 2.05) is 19.1 Å². The number of rotatable bonds is 6. The maximum absolute atomic E-state index is 12.5. The molecule has 1 aromatic heterocycles. The summed E-state index contributed by atoms with van der Waals surface area (Å²) < 4.78 is 1.66. The monoisotopic (exact) mass is 422 g/mol. The molecule has 1 aliphatic rings. The van der Waals surface area contributed by atoms with Crippen LogP contribution in [-0.4, -0.2) is 38.9 Å². The fourth-order valence-corrected chi connectivity index (χ4v) is 3.48. The molecule has 4 rings (SSSR count). The van der Waals surface area contributed by atoms with Crippen molar-refractivity contribution in [3.05, 3.63) is 82.0 Å². The summed E-state index contributed by atoms with van der Waals surface area (Å²) in [6.07, 6.45) is 1.59. The number of anilines is 1. The van der Waals surface area contributed by atoms with Crippen LogP contribution in [0.2, 0.25) is 5.02 Å². The number of nitrogens with zero attached hydrogens (tertiary/aromatic N) is 3. The minimum Gasteiger partial charge on any atom is -0.311 e. The molecular weight excluding hydrogens is 404 g/mol. The third-order valence-corrected chi connectivity index (χ3v) is 5.17. The molecule has 0 radical (unpaired) electrons. The summed E-state index contributed by atoms with van der Waals surface area (Å²) in [4.78, 5) is 38.6. The van der Waals surface area contributed by atoms with Crippen LogP contribution in [0.25, 0.3) is 0 Å². The lowest BCUT2D eigenvalue weighted by Crippen LogP contribution is -2.33. The lowest BCUT2D eigenvalue weighted by atomic mass is 10.1. The molecule has 0 fully saturated rings. The molecule has 8 heteroatoms. The van der Waals surface area contributed by atoms with Gasteiger partial charge in [0.25, 0.3) is 11.8 Å². The summed E-state index contributed by atoms with van der Waals surface area (Å²) in [7, 11) is 0. The first-order valence-electron chi connectivity index (χ1n) is 9.45. The van der Waals surface area contributed by atoms with Gasteiger partial charge >= 0.3 is 0 Å². The molecule has 3 aromatic rings. The SMILES string of the molecule is Cc1ccc2c(c1)C(=O)N(CCC(=O)Nc1ccnn1Cc1ccc(Cl)cc1)C2=O. The third-order valence-electron chi connectivity index (χ3n) is 4.92. The molecule has 0 unspecified atom stereocenters. The van der Waals surface area contributed by atoms with Crippen LogP contribution in [0.15, 0.2) is 54.7 Å².